The molecular weight excluding hydrogens is 519 g/mol. The maximum atomic E-state index is 14.5. The molecule has 11 heteroatoms. The Morgan fingerprint density at radius 3 is 2.16 bits per heavy atom. The lowest BCUT2D eigenvalue weighted by atomic mass is 9.84. The number of hydrogen-bond acceptors (Lipinski definition) is 5. The highest BCUT2D eigenvalue weighted by Crippen LogP contribution is 2.38. The molecule has 1 aliphatic rings. The molecule has 1 atom stereocenters. The molecular formula is C27H24F3N3O4S. The molecule has 0 radical (unpaired) electrons. The Hall–Kier alpha value is -4.12. The van der Waals surface area contributed by atoms with Crippen LogP contribution in [-0.4, -0.2) is 42.6 Å². The summed E-state index contributed by atoms with van der Waals surface area (Å²) in [6.45, 7) is 0.208. The molecule has 4 rings (SSSR count). The summed E-state index contributed by atoms with van der Waals surface area (Å²) in [5.41, 5.74) is -1.18. The Bertz CT molecular complexity index is 1350. The SMILES string of the molecule is COc1ccc(CCN2C(=S)NC(=O)C2(CC(=O)Nc2c(F)cc(OC)cc2F)c2ccc(F)cc2)cc1. The van der Waals surface area contributed by atoms with Crippen LogP contribution in [0.2, 0.25) is 0 Å². The number of hydrogen-bond donors (Lipinski definition) is 2. The fourth-order valence-electron chi connectivity index (χ4n) is 4.38. The number of amides is 2. The fourth-order valence-corrected chi connectivity index (χ4v) is 4.72. The van der Waals surface area contributed by atoms with E-state index in [1.54, 1.807) is 24.1 Å². The van der Waals surface area contributed by atoms with E-state index in [4.69, 9.17) is 21.7 Å². The zero-order valence-corrected chi connectivity index (χ0v) is 21.3. The van der Waals surface area contributed by atoms with Crippen molar-refractivity contribution in [2.45, 2.75) is 18.4 Å². The van der Waals surface area contributed by atoms with Gasteiger partial charge in [-0.2, -0.15) is 0 Å². The predicted molar refractivity (Wildman–Crippen MR) is 138 cm³/mol. The van der Waals surface area contributed by atoms with Crippen LogP contribution < -0.4 is 20.1 Å². The first-order valence-electron chi connectivity index (χ1n) is 11.5. The largest absolute Gasteiger partial charge is 0.497 e. The highest BCUT2D eigenvalue weighted by molar-refractivity contribution is 7.80. The minimum Gasteiger partial charge on any atom is -0.497 e. The summed E-state index contributed by atoms with van der Waals surface area (Å²) in [5, 5.41) is 4.89. The molecule has 1 unspecified atom stereocenters. The average molecular weight is 544 g/mol. The molecule has 0 saturated carbocycles. The molecule has 0 spiro atoms. The predicted octanol–water partition coefficient (Wildman–Crippen LogP) is 4.30. The topological polar surface area (TPSA) is 79.9 Å². The maximum Gasteiger partial charge on any atom is 0.257 e. The van der Waals surface area contributed by atoms with Gasteiger partial charge in [-0.15, -0.1) is 0 Å². The highest BCUT2D eigenvalue weighted by atomic mass is 32.1. The third-order valence-electron chi connectivity index (χ3n) is 6.34. The number of benzene rings is 3. The number of carbonyl (C=O) groups excluding carboxylic acids is 2. The molecule has 7 nitrogen and oxygen atoms in total. The number of ether oxygens (including phenoxy) is 2. The maximum absolute atomic E-state index is 14.5. The van der Waals surface area contributed by atoms with Gasteiger partial charge in [-0.05, 0) is 54.0 Å². The zero-order valence-electron chi connectivity index (χ0n) is 20.5. The van der Waals surface area contributed by atoms with Gasteiger partial charge in [0.2, 0.25) is 5.91 Å². The lowest BCUT2D eigenvalue weighted by Crippen LogP contribution is -2.50. The van der Waals surface area contributed by atoms with Crippen LogP contribution in [0.3, 0.4) is 0 Å². The molecule has 1 fully saturated rings. The third kappa shape index (κ3) is 5.28. The standard InChI is InChI=1S/C27H24F3N3O4S/c1-36-19-9-3-16(4-10-19)11-12-33-26(38)32-25(35)27(33,17-5-7-18(28)8-6-17)15-23(34)31-24-21(29)13-20(37-2)14-22(24)30/h3-10,13-14H,11-12,15H2,1-2H3,(H,31,34)(H,32,35,38). The second kappa shape index (κ2) is 11.1. The number of methoxy groups -OCH3 is 2. The molecule has 0 bridgehead atoms. The second-order valence-electron chi connectivity index (χ2n) is 8.57. The van der Waals surface area contributed by atoms with Crippen molar-refractivity contribution in [1.82, 2.24) is 10.2 Å². The lowest BCUT2D eigenvalue weighted by molar-refractivity contribution is -0.131. The number of carbonyl (C=O) groups is 2. The van der Waals surface area contributed by atoms with Crippen LogP contribution in [0.15, 0.2) is 60.7 Å². The van der Waals surface area contributed by atoms with Crippen molar-refractivity contribution in [3.05, 3.63) is 89.2 Å². The number of thiocarbonyl (C=S) groups is 1. The number of nitrogens with zero attached hydrogens (tertiary/aromatic N) is 1. The normalized spacial score (nSPS) is 16.8. The first-order valence-corrected chi connectivity index (χ1v) is 11.9. The molecule has 3 aromatic rings. The van der Waals surface area contributed by atoms with Crippen molar-refractivity contribution in [1.29, 1.82) is 0 Å². The monoisotopic (exact) mass is 543 g/mol. The van der Waals surface area contributed by atoms with Crippen LogP contribution in [0, 0.1) is 17.5 Å². The van der Waals surface area contributed by atoms with Crippen LogP contribution in [0.4, 0.5) is 18.9 Å². The molecule has 1 heterocycles. The molecule has 0 aliphatic carbocycles. The van der Waals surface area contributed by atoms with Crippen molar-refractivity contribution in [3.8, 4) is 11.5 Å². The van der Waals surface area contributed by atoms with Crippen molar-refractivity contribution in [2.24, 2.45) is 0 Å². The van der Waals surface area contributed by atoms with E-state index in [0.717, 1.165) is 29.8 Å². The zero-order chi connectivity index (χ0) is 27.4. The van der Waals surface area contributed by atoms with E-state index in [9.17, 15) is 22.8 Å². The van der Waals surface area contributed by atoms with Gasteiger partial charge in [-0.1, -0.05) is 24.3 Å². The van der Waals surface area contributed by atoms with E-state index in [-0.39, 0.29) is 23.0 Å². The highest BCUT2D eigenvalue weighted by Gasteiger charge is 2.53. The summed E-state index contributed by atoms with van der Waals surface area (Å²) in [5.74, 6) is -3.49. The second-order valence-corrected chi connectivity index (χ2v) is 8.95. The van der Waals surface area contributed by atoms with E-state index in [0.29, 0.717) is 12.2 Å². The average Bonchev–Trinajstić information content (AvgIpc) is 3.14. The van der Waals surface area contributed by atoms with Crippen molar-refractivity contribution >= 4 is 34.8 Å². The van der Waals surface area contributed by atoms with Gasteiger partial charge in [-0.3, -0.25) is 9.59 Å². The third-order valence-corrected chi connectivity index (χ3v) is 6.66. The van der Waals surface area contributed by atoms with Crippen LogP contribution in [0.1, 0.15) is 17.5 Å². The van der Waals surface area contributed by atoms with Crippen LogP contribution in [0.25, 0.3) is 0 Å². The Morgan fingerprint density at radius 1 is 0.974 bits per heavy atom. The van der Waals surface area contributed by atoms with E-state index in [1.165, 1.54) is 19.2 Å². The first kappa shape index (κ1) is 26.9. The molecule has 2 amide bonds. The van der Waals surface area contributed by atoms with Gasteiger partial charge in [0.15, 0.2) is 22.3 Å². The van der Waals surface area contributed by atoms with Gasteiger partial charge in [0.05, 0.1) is 20.6 Å². The number of halogens is 3. The van der Waals surface area contributed by atoms with E-state index >= 15 is 0 Å². The van der Waals surface area contributed by atoms with Crippen molar-refractivity contribution < 1.29 is 32.2 Å². The summed E-state index contributed by atoms with van der Waals surface area (Å²) in [6, 6.07) is 14.2. The Morgan fingerprint density at radius 2 is 1.58 bits per heavy atom. The summed E-state index contributed by atoms with van der Waals surface area (Å²) in [7, 11) is 2.81. The summed E-state index contributed by atoms with van der Waals surface area (Å²) in [4.78, 5) is 28.2. The van der Waals surface area contributed by atoms with E-state index < -0.39 is 46.9 Å². The fraction of sp³-hybridized carbons (Fsp3) is 0.222. The molecule has 0 aromatic heterocycles. The van der Waals surface area contributed by atoms with Crippen molar-refractivity contribution in [3.63, 3.8) is 0 Å². The van der Waals surface area contributed by atoms with Gasteiger partial charge in [0.25, 0.3) is 5.91 Å². The summed E-state index contributed by atoms with van der Waals surface area (Å²) >= 11 is 5.43. The molecule has 2 N–H and O–H groups in total. The van der Waals surface area contributed by atoms with Gasteiger partial charge < -0.3 is 25.0 Å². The Kier molecular flexibility index (Phi) is 7.86. The summed E-state index contributed by atoms with van der Waals surface area (Å²) in [6.07, 6.45) is -0.122. The molecule has 1 aliphatic heterocycles. The quantitative estimate of drug-likeness (QED) is 0.392. The molecule has 198 valence electrons. The Balaban J connectivity index is 1.67. The number of rotatable bonds is 9. The van der Waals surface area contributed by atoms with E-state index in [2.05, 4.69) is 10.6 Å². The lowest BCUT2D eigenvalue weighted by Gasteiger charge is -2.36. The van der Waals surface area contributed by atoms with Crippen LogP contribution >= 0.6 is 12.2 Å². The van der Waals surface area contributed by atoms with Gasteiger partial charge >= 0.3 is 0 Å². The van der Waals surface area contributed by atoms with Crippen LogP contribution in [0.5, 0.6) is 11.5 Å². The van der Waals surface area contributed by atoms with Crippen LogP contribution in [-0.2, 0) is 21.5 Å². The molecule has 38 heavy (non-hydrogen) atoms. The number of nitrogens with one attached hydrogen (secondary N) is 2. The molecule has 1 saturated heterocycles. The smallest absolute Gasteiger partial charge is 0.257 e. The first-order chi connectivity index (χ1) is 18.2. The minimum atomic E-state index is -1.69. The molecule has 3 aromatic carbocycles. The minimum absolute atomic E-state index is 0.0639. The number of anilines is 1. The van der Waals surface area contributed by atoms with Gasteiger partial charge in [0.1, 0.15) is 23.0 Å². The Labute approximate surface area is 222 Å². The van der Waals surface area contributed by atoms with Gasteiger partial charge in [0, 0.05) is 18.7 Å². The van der Waals surface area contributed by atoms with Gasteiger partial charge in [-0.25, -0.2) is 13.2 Å². The summed E-state index contributed by atoms with van der Waals surface area (Å²) < 4.78 is 52.8. The van der Waals surface area contributed by atoms with Crippen molar-refractivity contribution in [2.75, 3.05) is 26.1 Å². The van der Waals surface area contributed by atoms with E-state index in [1.807, 2.05) is 12.1 Å².